The van der Waals surface area contributed by atoms with Crippen LogP contribution < -0.4 is 15.2 Å². The molecule has 118 valence electrons. The van der Waals surface area contributed by atoms with Crippen molar-refractivity contribution in [2.45, 2.75) is 32.2 Å². The Morgan fingerprint density at radius 2 is 1.36 bits per heavy atom. The van der Waals surface area contributed by atoms with Crippen LogP contribution in [-0.2, 0) is 19.3 Å². The zero-order chi connectivity index (χ0) is 15.9. The molecule has 0 heterocycles. The number of nitrogens with two attached hydrogens (primary N) is 1. The fraction of sp³-hybridized carbons (Fsp3) is 0.368. The quantitative estimate of drug-likeness (QED) is 0.852. The molecule has 0 aliphatic carbocycles. The molecule has 0 bridgehead atoms. The Kier molecular flexibility index (Phi) is 5.84. The van der Waals surface area contributed by atoms with Gasteiger partial charge < -0.3 is 15.2 Å². The van der Waals surface area contributed by atoms with Gasteiger partial charge in [-0.15, -0.1) is 0 Å². The molecular formula is C19H25NO2. The molecule has 0 amide bonds. The first-order valence-corrected chi connectivity index (χ1v) is 7.70. The van der Waals surface area contributed by atoms with E-state index in [1.165, 1.54) is 11.1 Å². The van der Waals surface area contributed by atoms with Crippen molar-refractivity contribution in [2.24, 2.45) is 5.73 Å². The van der Waals surface area contributed by atoms with E-state index < -0.39 is 0 Å². The third-order valence-electron chi connectivity index (χ3n) is 3.87. The lowest BCUT2D eigenvalue weighted by Crippen LogP contribution is -2.25. The SMILES string of the molecule is CCc1ccc(CC(N)Cc2ccc(OC)c(OC)c2)cc1. The van der Waals surface area contributed by atoms with E-state index in [0.717, 1.165) is 36.3 Å². The highest BCUT2D eigenvalue weighted by atomic mass is 16.5. The first-order valence-electron chi connectivity index (χ1n) is 7.70. The maximum atomic E-state index is 6.30. The van der Waals surface area contributed by atoms with Gasteiger partial charge in [0, 0.05) is 6.04 Å². The number of aryl methyl sites for hydroxylation is 1. The van der Waals surface area contributed by atoms with E-state index in [2.05, 4.69) is 31.2 Å². The van der Waals surface area contributed by atoms with E-state index in [0.29, 0.717) is 0 Å². The molecule has 0 aliphatic heterocycles. The molecule has 0 spiro atoms. The average Bonchev–Trinajstić information content (AvgIpc) is 2.55. The smallest absolute Gasteiger partial charge is 0.160 e. The van der Waals surface area contributed by atoms with Gasteiger partial charge in [-0.1, -0.05) is 37.3 Å². The van der Waals surface area contributed by atoms with Gasteiger partial charge in [-0.25, -0.2) is 0 Å². The van der Waals surface area contributed by atoms with Gasteiger partial charge in [0.05, 0.1) is 14.2 Å². The second kappa shape index (κ2) is 7.85. The minimum atomic E-state index is 0.0885. The van der Waals surface area contributed by atoms with Crippen molar-refractivity contribution in [1.82, 2.24) is 0 Å². The Labute approximate surface area is 133 Å². The Bertz CT molecular complexity index is 593. The van der Waals surface area contributed by atoms with Crippen molar-refractivity contribution in [1.29, 1.82) is 0 Å². The summed E-state index contributed by atoms with van der Waals surface area (Å²) in [6.07, 6.45) is 2.76. The van der Waals surface area contributed by atoms with Gasteiger partial charge in [-0.2, -0.15) is 0 Å². The van der Waals surface area contributed by atoms with Crippen LogP contribution in [0.1, 0.15) is 23.6 Å². The molecule has 3 nitrogen and oxygen atoms in total. The predicted molar refractivity (Wildman–Crippen MR) is 90.7 cm³/mol. The zero-order valence-corrected chi connectivity index (χ0v) is 13.6. The average molecular weight is 299 g/mol. The van der Waals surface area contributed by atoms with Crippen LogP contribution in [-0.4, -0.2) is 20.3 Å². The summed E-state index contributed by atoms with van der Waals surface area (Å²) in [5.74, 6) is 1.49. The van der Waals surface area contributed by atoms with Crippen LogP contribution in [0.3, 0.4) is 0 Å². The Balaban J connectivity index is 2.00. The van der Waals surface area contributed by atoms with Crippen LogP contribution in [0.15, 0.2) is 42.5 Å². The van der Waals surface area contributed by atoms with Crippen LogP contribution in [0.25, 0.3) is 0 Å². The molecule has 22 heavy (non-hydrogen) atoms. The number of benzene rings is 2. The molecular weight excluding hydrogens is 274 g/mol. The lowest BCUT2D eigenvalue weighted by Gasteiger charge is -2.14. The van der Waals surface area contributed by atoms with Crippen molar-refractivity contribution in [3.05, 3.63) is 59.2 Å². The molecule has 2 rings (SSSR count). The van der Waals surface area contributed by atoms with E-state index in [1.54, 1.807) is 14.2 Å². The zero-order valence-electron chi connectivity index (χ0n) is 13.6. The molecule has 2 aromatic carbocycles. The fourth-order valence-corrected chi connectivity index (χ4v) is 2.60. The van der Waals surface area contributed by atoms with Crippen LogP contribution >= 0.6 is 0 Å². The second-order valence-electron chi connectivity index (χ2n) is 5.53. The van der Waals surface area contributed by atoms with Crippen molar-refractivity contribution in [3.63, 3.8) is 0 Å². The van der Waals surface area contributed by atoms with E-state index in [9.17, 15) is 0 Å². The van der Waals surface area contributed by atoms with Crippen molar-refractivity contribution < 1.29 is 9.47 Å². The molecule has 2 aromatic rings. The minimum Gasteiger partial charge on any atom is -0.493 e. The van der Waals surface area contributed by atoms with Gasteiger partial charge >= 0.3 is 0 Å². The van der Waals surface area contributed by atoms with E-state index in [-0.39, 0.29) is 6.04 Å². The Morgan fingerprint density at radius 1 is 0.818 bits per heavy atom. The highest BCUT2D eigenvalue weighted by Gasteiger charge is 2.09. The molecule has 0 aliphatic rings. The van der Waals surface area contributed by atoms with E-state index in [4.69, 9.17) is 15.2 Å². The van der Waals surface area contributed by atoms with Gasteiger partial charge in [0.2, 0.25) is 0 Å². The van der Waals surface area contributed by atoms with E-state index >= 15 is 0 Å². The lowest BCUT2D eigenvalue weighted by molar-refractivity contribution is 0.354. The Hall–Kier alpha value is -2.00. The summed E-state index contributed by atoms with van der Waals surface area (Å²) in [7, 11) is 3.29. The number of methoxy groups -OCH3 is 2. The Morgan fingerprint density at radius 3 is 1.95 bits per heavy atom. The van der Waals surface area contributed by atoms with Crippen LogP contribution in [0, 0.1) is 0 Å². The molecule has 0 saturated heterocycles. The summed E-state index contributed by atoms with van der Waals surface area (Å²) in [5, 5.41) is 0. The van der Waals surface area contributed by atoms with Crippen LogP contribution in [0.2, 0.25) is 0 Å². The maximum absolute atomic E-state index is 6.30. The number of ether oxygens (including phenoxy) is 2. The summed E-state index contributed by atoms with van der Waals surface area (Å²) in [6, 6.07) is 14.8. The first-order chi connectivity index (χ1) is 10.7. The molecule has 2 N–H and O–H groups in total. The molecule has 0 fully saturated rings. The highest BCUT2D eigenvalue weighted by Crippen LogP contribution is 2.28. The third kappa shape index (κ3) is 4.25. The van der Waals surface area contributed by atoms with Crippen molar-refractivity contribution in [2.75, 3.05) is 14.2 Å². The summed E-state index contributed by atoms with van der Waals surface area (Å²) in [5.41, 5.74) is 10.1. The molecule has 1 unspecified atom stereocenters. The highest BCUT2D eigenvalue weighted by molar-refractivity contribution is 5.43. The van der Waals surface area contributed by atoms with Gasteiger partial charge in [0.25, 0.3) is 0 Å². The maximum Gasteiger partial charge on any atom is 0.160 e. The van der Waals surface area contributed by atoms with Crippen molar-refractivity contribution in [3.8, 4) is 11.5 Å². The van der Waals surface area contributed by atoms with Gasteiger partial charge in [0.1, 0.15) is 0 Å². The van der Waals surface area contributed by atoms with Gasteiger partial charge in [-0.3, -0.25) is 0 Å². The summed E-state index contributed by atoms with van der Waals surface area (Å²) < 4.78 is 10.6. The molecule has 0 radical (unpaired) electrons. The second-order valence-corrected chi connectivity index (χ2v) is 5.53. The van der Waals surface area contributed by atoms with Crippen LogP contribution in [0.5, 0.6) is 11.5 Å². The molecule has 3 heteroatoms. The standard InChI is InChI=1S/C19H25NO2/c1-4-14-5-7-15(8-6-14)11-17(20)12-16-9-10-18(21-2)19(13-16)22-3/h5-10,13,17H,4,11-12,20H2,1-3H3. The minimum absolute atomic E-state index is 0.0885. The third-order valence-corrected chi connectivity index (χ3v) is 3.87. The summed E-state index contributed by atoms with van der Waals surface area (Å²) in [6.45, 7) is 2.16. The number of rotatable bonds is 7. The molecule has 1 atom stereocenters. The molecule has 0 saturated carbocycles. The monoisotopic (exact) mass is 299 g/mol. The van der Waals surface area contributed by atoms with Gasteiger partial charge in [0.15, 0.2) is 11.5 Å². The first kappa shape index (κ1) is 16.4. The van der Waals surface area contributed by atoms with Gasteiger partial charge in [-0.05, 0) is 48.1 Å². The lowest BCUT2D eigenvalue weighted by atomic mass is 9.98. The topological polar surface area (TPSA) is 44.5 Å². The molecule has 0 aromatic heterocycles. The fourth-order valence-electron chi connectivity index (χ4n) is 2.60. The summed E-state index contributed by atoms with van der Waals surface area (Å²) >= 11 is 0. The number of hydrogen-bond donors (Lipinski definition) is 1. The van der Waals surface area contributed by atoms with E-state index in [1.807, 2.05) is 18.2 Å². The normalized spacial score (nSPS) is 12.0. The summed E-state index contributed by atoms with van der Waals surface area (Å²) in [4.78, 5) is 0. The van der Waals surface area contributed by atoms with Crippen molar-refractivity contribution >= 4 is 0 Å². The number of hydrogen-bond acceptors (Lipinski definition) is 3. The predicted octanol–water partition coefficient (Wildman–Crippen LogP) is 3.38. The largest absolute Gasteiger partial charge is 0.493 e. The van der Waals surface area contributed by atoms with Crippen LogP contribution in [0.4, 0.5) is 0 Å².